The molecule has 1 atom stereocenters. The molecule has 60 heavy (non-hydrogen) atoms. The van der Waals surface area contributed by atoms with Crippen molar-refractivity contribution in [1.82, 2.24) is 20.1 Å². The molecule has 4 aromatic carbocycles. The molecule has 0 bridgehead atoms. The fourth-order valence-electron chi connectivity index (χ4n) is 7.84. The fraction of sp³-hybridized carbons (Fsp3) is 0.347. The summed E-state index contributed by atoms with van der Waals surface area (Å²) in [6, 6.07) is 39.2. The van der Waals surface area contributed by atoms with Gasteiger partial charge in [0.15, 0.2) is 5.82 Å². The number of halogens is 1. The van der Waals surface area contributed by atoms with E-state index in [4.69, 9.17) is 30.8 Å². The smallest absolute Gasteiger partial charge is 0.163 e. The summed E-state index contributed by atoms with van der Waals surface area (Å²) < 4.78 is 19.6. The van der Waals surface area contributed by atoms with Crippen LogP contribution >= 0.6 is 22.9 Å². The van der Waals surface area contributed by atoms with Gasteiger partial charge in [-0.2, -0.15) is 0 Å². The van der Waals surface area contributed by atoms with Crippen molar-refractivity contribution in [3.05, 3.63) is 170 Å². The quantitative estimate of drug-likeness (QED) is 0.0537. The highest BCUT2D eigenvalue weighted by molar-refractivity contribution is 7.15. The van der Waals surface area contributed by atoms with E-state index < -0.39 is 11.6 Å². The average molecular weight is 845 g/mol. The number of ketones is 1. The van der Waals surface area contributed by atoms with Gasteiger partial charge in [-0.25, -0.2) is 0 Å². The number of unbranched alkanes of at least 4 members (excludes halogenated alkanes) is 1. The molecule has 3 heterocycles. The number of nitrogens with one attached hydrogen (secondary N) is 1. The first-order chi connectivity index (χ1) is 29.4. The SMILES string of the molecule is Cc1sc2c(c1C)C(c1ccc(Cl)cc1)=NC(CC(=O)CCCCOCCOCCOCCCNC(c1ccccc1)(c1ccccc1)c1ccccc1)c1nnc(C)n1-2. The molecule has 2 aromatic heterocycles. The van der Waals surface area contributed by atoms with E-state index in [0.29, 0.717) is 56.9 Å². The number of benzene rings is 4. The summed E-state index contributed by atoms with van der Waals surface area (Å²) in [7, 11) is 0. The Morgan fingerprint density at radius 2 is 1.27 bits per heavy atom. The molecule has 0 fully saturated rings. The van der Waals surface area contributed by atoms with Gasteiger partial charge in [-0.05, 0) is 81.0 Å². The number of Topliss-reactive ketones (excluding diaryl/α,β-unsaturated/α-hetero) is 1. The molecule has 0 saturated heterocycles. The third kappa shape index (κ3) is 10.2. The third-order valence-electron chi connectivity index (χ3n) is 11.0. The number of fused-ring (bicyclic) bond motifs is 3. The Labute approximate surface area is 362 Å². The number of nitrogens with zero attached hydrogens (tertiary/aromatic N) is 4. The number of ether oxygens (including phenoxy) is 3. The van der Waals surface area contributed by atoms with Crippen LogP contribution in [-0.2, 0) is 24.5 Å². The number of thiophene rings is 1. The van der Waals surface area contributed by atoms with Gasteiger partial charge in [0.25, 0.3) is 0 Å². The molecule has 7 rings (SSSR count). The zero-order chi connectivity index (χ0) is 41.7. The number of aromatic nitrogens is 3. The van der Waals surface area contributed by atoms with Crippen molar-refractivity contribution >= 4 is 34.4 Å². The molecule has 11 heteroatoms. The highest BCUT2D eigenvalue weighted by atomic mass is 35.5. The number of rotatable bonds is 22. The van der Waals surface area contributed by atoms with Crippen LogP contribution in [0.1, 0.15) is 88.1 Å². The van der Waals surface area contributed by atoms with Crippen LogP contribution in [0.25, 0.3) is 5.00 Å². The van der Waals surface area contributed by atoms with Crippen LogP contribution < -0.4 is 5.32 Å². The second-order valence-corrected chi connectivity index (χ2v) is 16.7. The molecule has 0 amide bonds. The Morgan fingerprint density at radius 3 is 1.85 bits per heavy atom. The largest absolute Gasteiger partial charge is 0.379 e. The van der Waals surface area contributed by atoms with E-state index in [0.717, 1.165) is 53.5 Å². The van der Waals surface area contributed by atoms with Gasteiger partial charge < -0.3 is 14.2 Å². The first-order valence-electron chi connectivity index (χ1n) is 20.9. The predicted molar refractivity (Wildman–Crippen MR) is 241 cm³/mol. The van der Waals surface area contributed by atoms with Gasteiger partial charge in [0.1, 0.15) is 22.7 Å². The molecule has 0 spiro atoms. The van der Waals surface area contributed by atoms with Gasteiger partial charge in [-0.15, -0.1) is 21.5 Å². The maximum atomic E-state index is 13.4. The first-order valence-corrected chi connectivity index (χ1v) is 22.1. The summed E-state index contributed by atoms with van der Waals surface area (Å²) in [5.74, 6) is 1.63. The van der Waals surface area contributed by atoms with Gasteiger partial charge in [0.05, 0.1) is 37.7 Å². The molecule has 312 valence electrons. The third-order valence-corrected chi connectivity index (χ3v) is 12.4. The summed E-state index contributed by atoms with van der Waals surface area (Å²) in [6.45, 7) is 10.2. The lowest BCUT2D eigenvalue weighted by Crippen LogP contribution is -2.45. The Morgan fingerprint density at radius 1 is 0.717 bits per heavy atom. The molecule has 1 unspecified atom stereocenters. The maximum absolute atomic E-state index is 13.4. The maximum Gasteiger partial charge on any atom is 0.163 e. The number of hydrogen-bond acceptors (Lipinski definition) is 9. The van der Waals surface area contributed by atoms with Crippen LogP contribution in [0.3, 0.4) is 0 Å². The number of carbonyl (C=O) groups excluding carboxylic acids is 1. The van der Waals surface area contributed by atoms with E-state index >= 15 is 0 Å². The van der Waals surface area contributed by atoms with Crippen molar-refractivity contribution in [3.63, 3.8) is 0 Å². The van der Waals surface area contributed by atoms with E-state index in [1.165, 1.54) is 27.1 Å². The number of carbonyl (C=O) groups is 1. The Balaban J connectivity index is 0.799. The lowest BCUT2D eigenvalue weighted by Gasteiger charge is -2.37. The van der Waals surface area contributed by atoms with Crippen LogP contribution in [0, 0.1) is 20.8 Å². The Kier molecular flexibility index (Phi) is 15.2. The number of aliphatic imine (C=N–C) groups is 1. The Hall–Kier alpha value is -4.81. The van der Waals surface area contributed by atoms with Gasteiger partial charge in [0, 0.05) is 47.1 Å². The van der Waals surface area contributed by atoms with E-state index in [9.17, 15) is 4.79 Å². The molecule has 1 aliphatic heterocycles. The standard InChI is InChI=1S/C49H54ClN5O4S/c1-35-36(2)60-48-45(35)46(38-23-25-42(50)26-24-38)52-44(47-54-53-37(3)55(47)48)34-43(56)22-13-14-28-57-30-32-59-33-31-58-29-15-27-51-49(39-16-7-4-8-17-39,40-18-9-5-10-19-40)41-20-11-6-12-21-41/h4-12,16-21,23-26,44,51H,13-15,22,27-34H2,1-3H3. The first kappa shape index (κ1) is 43.3. The topological polar surface area (TPSA) is 99.9 Å². The lowest BCUT2D eigenvalue weighted by atomic mass is 9.77. The molecule has 0 saturated carbocycles. The minimum atomic E-state index is -0.480. The highest BCUT2D eigenvalue weighted by Crippen LogP contribution is 2.40. The van der Waals surface area contributed by atoms with Crippen LogP contribution in [0.5, 0.6) is 0 Å². The van der Waals surface area contributed by atoms with E-state index in [1.54, 1.807) is 11.3 Å². The molecule has 6 aromatic rings. The molecule has 0 aliphatic carbocycles. The van der Waals surface area contributed by atoms with Gasteiger partial charge in [-0.1, -0.05) is 115 Å². The molecular formula is C49H54ClN5O4S. The highest BCUT2D eigenvalue weighted by Gasteiger charge is 2.36. The van der Waals surface area contributed by atoms with Crippen LogP contribution in [-0.4, -0.2) is 72.4 Å². The lowest BCUT2D eigenvalue weighted by molar-refractivity contribution is -0.119. The van der Waals surface area contributed by atoms with Crippen LogP contribution in [0.2, 0.25) is 5.02 Å². The van der Waals surface area contributed by atoms with Crippen LogP contribution in [0.4, 0.5) is 0 Å². The summed E-state index contributed by atoms with van der Waals surface area (Å²) in [5, 5.41) is 14.6. The van der Waals surface area contributed by atoms with Crippen molar-refractivity contribution < 1.29 is 19.0 Å². The summed E-state index contributed by atoms with van der Waals surface area (Å²) in [5.41, 5.74) is 7.15. The van der Waals surface area contributed by atoms with Crippen molar-refractivity contribution in [2.75, 3.05) is 46.2 Å². The molecular weight excluding hydrogens is 790 g/mol. The molecule has 9 nitrogen and oxygen atoms in total. The van der Waals surface area contributed by atoms with Crippen LogP contribution in [0.15, 0.2) is 120 Å². The number of aryl methyl sites for hydroxylation is 2. The summed E-state index contributed by atoms with van der Waals surface area (Å²) in [4.78, 5) is 19.8. The normalized spacial score (nSPS) is 13.7. The zero-order valence-corrected chi connectivity index (χ0v) is 36.3. The molecule has 1 N–H and O–H groups in total. The number of hydrogen-bond donors (Lipinski definition) is 1. The second-order valence-electron chi connectivity index (χ2n) is 15.1. The minimum Gasteiger partial charge on any atom is -0.379 e. The monoisotopic (exact) mass is 843 g/mol. The zero-order valence-electron chi connectivity index (χ0n) is 34.7. The minimum absolute atomic E-state index is 0.145. The fourth-order valence-corrected chi connectivity index (χ4v) is 9.18. The Bertz CT molecular complexity index is 2220. The second kappa shape index (κ2) is 21.1. The van der Waals surface area contributed by atoms with E-state index in [1.807, 2.05) is 31.2 Å². The van der Waals surface area contributed by atoms with Gasteiger partial charge in [-0.3, -0.25) is 19.7 Å². The predicted octanol–water partition coefficient (Wildman–Crippen LogP) is 9.95. The van der Waals surface area contributed by atoms with Gasteiger partial charge in [0.2, 0.25) is 0 Å². The van der Waals surface area contributed by atoms with Crippen molar-refractivity contribution in [3.8, 4) is 5.00 Å². The molecule has 0 radical (unpaired) electrons. The summed E-state index contributed by atoms with van der Waals surface area (Å²) >= 11 is 7.95. The van der Waals surface area contributed by atoms with E-state index in [2.05, 4.69) is 125 Å². The molecule has 1 aliphatic rings. The van der Waals surface area contributed by atoms with E-state index in [-0.39, 0.29) is 12.2 Å². The van der Waals surface area contributed by atoms with Gasteiger partial charge >= 0.3 is 0 Å². The van der Waals surface area contributed by atoms with Crippen molar-refractivity contribution in [2.45, 2.75) is 64.5 Å². The van der Waals surface area contributed by atoms with Crippen molar-refractivity contribution in [1.29, 1.82) is 0 Å². The van der Waals surface area contributed by atoms with Crippen molar-refractivity contribution in [2.24, 2.45) is 4.99 Å². The average Bonchev–Trinajstić information content (AvgIpc) is 3.76. The summed E-state index contributed by atoms with van der Waals surface area (Å²) in [6.07, 6.45) is 3.09.